The van der Waals surface area contributed by atoms with Crippen LogP contribution >= 0.6 is 0 Å². The Morgan fingerprint density at radius 3 is 2.13 bits per heavy atom. The Kier molecular flexibility index (Phi) is 8.68. The van der Waals surface area contributed by atoms with Gasteiger partial charge in [-0.05, 0) is 36.8 Å². The molecule has 0 fully saturated rings. The van der Waals surface area contributed by atoms with Crippen LogP contribution in [0.25, 0.3) is 0 Å². The van der Waals surface area contributed by atoms with Crippen LogP contribution in [0, 0.1) is 0 Å². The number of hydrogen-bond acceptors (Lipinski definition) is 7. The summed E-state index contributed by atoms with van der Waals surface area (Å²) in [5, 5.41) is 2.53. The van der Waals surface area contributed by atoms with Gasteiger partial charge in [-0.15, -0.1) is 0 Å². The fourth-order valence-electron chi connectivity index (χ4n) is 2.58. The van der Waals surface area contributed by atoms with Crippen LogP contribution in [-0.2, 0) is 30.3 Å². The molecule has 0 aliphatic heterocycles. The van der Waals surface area contributed by atoms with Crippen molar-refractivity contribution in [3.05, 3.63) is 60.2 Å². The first-order valence-corrected chi connectivity index (χ1v) is 9.31. The maximum absolute atomic E-state index is 12.2. The summed E-state index contributed by atoms with van der Waals surface area (Å²) in [7, 11) is 2.79. The van der Waals surface area contributed by atoms with Gasteiger partial charge in [0, 0.05) is 6.42 Å². The molecule has 0 aliphatic carbocycles. The lowest BCUT2D eigenvalue weighted by Gasteiger charge is -2.17. The monoisotopic (exact) mass is 415 g/mol. The van der Waals surface area contributed by atoms with Gasteiger partial charge in [-0.1, -0.05) is 30.3 Å². The van der Waals surface area contributed by atoms with Gasteiger partial charge in [0.2, 0.25) is 0 Å². The largest absolute Gasteiger partial charge is 0.497 e. The number of rotatable bonds is 10. The van der Waals surface area contributed by atoms with Crippen LogP contribution < -0.4 is 14.8 Å². The minimum atomic E-state index is -0.924. The number of methoxy groups -OCH3 is 2. The molecule has 2 aromatic rings. The molecule has 2 aromatic carbocycles. The maximum Gasteiger partial charge on any atom is 0.347 e. The third kappa shape index (κ3) is 7.12. The predicted octanol–water partition coefficient (Wildman–Crippen LogP) is 1.91. The highest BCUT2D eigenvalue weighted by Crippen LogP contribution is 2.18. The SMILES string of the molecule is COC(=O)C(Cc1ccccc1)NC(=O)COC(=O)C(C)Oc1ccc(OC)cc1. The number of carbonyl (C=O) groups is 3. The Morgan fingerprint density at radius 1 is 0.900 bits per heavy atom. The first-order chi connectivity index (χ1) is 14.4. The van der Waals surface area contributed by atoms with Gasteiger partial charge in [0.25, 0.3) is 5.91 Å². The van der Waals surface area contributed by atoms with Crippen molar-refractivity contribution in [1.82, 2.24) is 5.32 Å². The van der Waals surface area contributed by atoms with Gasteiger partial charge < -0.3 is 24.3 Å². The van der Waals surface area contributed by atoms with E-state index in [2.05, 4.69) is 5.32 Å². The van der Waals surface area contributed by atoms with Crippen molar-refractivity contribution in [3.63, 3.8) is 0 Å². The topological polar surface area (TPSA) is 100 Å². The van der Waals surface area contributed by atoms with Crippen molar-refractivity contribution in [2.45, 2.75) is 25.5 Å². The molecular formula is C22H25NO7. The van der Waals surface area contributed by atoms with Crippen LogP contribution in [0.3, 0.4) is 0 Å². The van der Waals surface area contributed by atoms with Crippen molar-refractivity contribution >= 4 is 17.8 Å². The summed E-state index contributed by atoms with van der Waals surface area (Å²) in [5.41, 5.74) is 0.853. The van der Waals surface area contributed by atoms with Crippen LogP contribution in [0.4, 0.5) is 0 Å². The summed E-state index contributed by atoms with van der Waals surface area (Å²) in [6, 6.07) is 15.0. The number of esters is 2. The van der Waals surface area contributed by atoms with Crippen molar-refractivity contribution in [2.24, 2.45) is 0 Å². The lowest BCUT2D eigenvalue weighted by atomic mass is 10.1. The molecule has 0 aliphatic rings. The van der Waals surface area contributed by atoms with Gasteiger partial charge in [0.05, 0.1) is 14.2 Å². The standard InChI is InChI=1S/C22H25NO7/c1-15(30-18-11-9-17(27-2)10-12-18)21(25)29-14-20(24)23-19(22(26)28-3)13-16-7-5-4-6-8-16/h4-12,15,19H,13-14H2,1-3H3,(H,23,24). The van der Waals surface area contributed by atoms with E-state index < -0.39 is 36.6 Å². The number of nitrogens with one attached hydrogen (secondary N) is 1. The molecule has 0 radical (unpaired) electrons. The third-order valence-electron chi connectivity index (χ3n) is 4.15. The van der Waals surface area contributed by atoms with Crippen molar-refractivity contribution in [2.75, 3.05) is 20.8 Å². The van der Waals surface area contributed by atoms with Crippen molar-refractivity contribution < 1.29 is 33.3 Å². The quantitative estimate of drug-likeness (QED) is 0.592. The van der Waals surface area contributed by atoms with E-state index in [-0.39, 0.29) is 6.42 Å². The number of hydrogen-bond donors (Lipinski definition) is 1. The molecule has 2 atom stereocenters. The minimum absolute atomic E-state index is 0.254. The van der Waals surface area contributed by atoms with Crippen LogP contribution in [-0.4, -0.2) is 50.8 Å². The van der Waals surface area contributed by atoms with E-state index in [0.29, 0.717) is 11.5 Å². The molecule has 8 nitrogen and oxygen atoms in total. The molecule has 2 unspecified atom stereocenters. The highest BCUT2D eigenvalue weighted by Gasteiger charge is 2.23. The van der Waals surface area contributed by atoms with E-state index in [4.69, 9.17) is 18.9 Å². The van der Waals surface area contributed by atoms with Gasteiger partial charge in [-0.3, -0.25) is 4.79 Å². The Labute approximate surface area is 175 Å². The summed E-state index contributed by atoms with van der Waals surface area (Å²) < 4.78 is 20.3. The van der Waals surface area contributed by atoms with E-state index in [9.17, 15) is 14.4 Å². The number of benzene rings is 2. The summed E-state index contributed by atoms with van der Waals surface area (Å²) in [6.45, 7) is 0.967. The Hall–Kier alpha value is -3.55. The van der Waals surface area contributed by atoms with Gasteiger partial charge in [-0.25, -0.2) is 9.59 Å². The molecular weight excluding hydrogens is 390 g/mol. The molecule has 2 rings (SSSR count). The average molecular weight is 415 g/mol. The van der Waals surface area contributed by atoms with Crippen LogP contribution in [0.5, 0.6) is 11.5 Å². The maximum atomic E-state index is 12.2. The number of ether oxygens (including phenoxy) is 4. The Bertz CT molecular complexity index is 836. The average Bonchev–Trinajstić information content (AvgIpc) is 2.77. The van der Waals surface area contributed by atoms with Gasteiger partial charge in [0.1, 0.15) is 17.5 Å². The first-order valence-electron chi connectivity index (χ1n) is 9.31. The third-order valence-corrected chi connectivity index (χ3v) is 4.15. The highest BCUT2D eigenvalue weighted by molar-refractivity contribution is 5.86. The fraction of sp³-hybridized carbons (Fsp3) is 0.318. The summed E-state index contributed by atoms with van der Waals surface area (Å²) >= 11 is 0. The molecule has 0 spiro atoms. The zero-order valence-corrected chi connectivity index (χ0v) is 17.1. The molecule has 1 N–H and O–H groups in total. The van der Waals surface area contributed by atoms with E-state index in [0.717, 1.165) is 5.56 Å². The van der Waals surface area contributed by atoms with Gasteiger partial charge in [0.15, 0.2) is 12.7 Å². The minimum Gasteiger partial charge on any atom is -0.497 e. The summed E-state index contributed by atoms with van der Waals surface area (Å²) in [6.07, 6.45) is -0.670. The van der Waals surface area contributed by atoms with Crippen LogP contribution in [0.2, 0.25) is 0 Å². The van der Waals surface area contributed by atoms with Crippen LogP contribution in [0.1, 0.15) is 12.5 Å². The van der Waals surface area contributed by atoms with Crippen molar-refractivity contribution in [3.8, 4) is 11.5 Å². The summed E-state index contributed by atoms with van der Waals surface area (Å²) in [4.78, 5) is 36.2. The Balaban J connectivity index is 1.84. The lowest BCUT2D eigenvalue weighted by Crippen LogP contribution is -2.45. The summed E-state index contributed by atoms with van der Waals surface area (Å²) in [5.74, 6) is -0.803. The normalized spacial score (nSPS) is 12.2. The zero-order valence-electron chi connectivity index (χ0n) is 17.1. The molecule has 0 saturated carbocycles. The zero-order chi connectivity index (χ0) is 21.9. The van der Waals surface area contributed by atoms with E-state index in [1.807, 2.05) is 30.3 Å². The van der Waals surface area contributed by atoms with E-state index in [1.54, 1.807) is 31.4 Å². The number of amides is 1. The van der Waals surface area contributed by atoms with Gasteiger partial charge in [-0.2, -0.15) is 0 Å². The lowest BCUT2D eigenvalue weighted by molar-refractivity contribution is -0.155. The molecule has 8 heteroatoms. The second-order valence-corrected chi connectivity index (χ2v) is 6.38. The van der Waals surface area contributed by atoms with E-state index in [1.165, 1.54) is 14.0 Å². The second kappa shape index (κ2) is 11.5. The predicted molar refractivity (Wildman–Crippen MR) is 108 cm³/mol. The molecule has 0 heterocycles. The molecule has 30 heavy (non-hydrogen) atoms. The molecule has 0 aromatic heterocycles. The smallest absolute Gasteiger partial charge is 0.347 e. The molecule has 0 bridgehead atoms. The van der Waals surface area contributed by atoms with E-state index >= 15 is 0 Å². The number of carbonyl (C=O) groups excluding carboxylic acids is 3. The Morgan fingerprint density at radius 2 is 1.53 bits per heavy atom. The van der Waals surface area contributed by atoms with Gasteiger partial charge >= 0.3 is 11.9 Å². The molecule has 1 amide bonds. The molecule has 0 saturated heterocycles. The highest BCUT2D eigenvalue weighted by atomic mass is 16.6. The van der Waals surface area contributed by atoms with Crippen molar-refractivity contribution in [1.29, 1.82) is 0 Å². The second-order valence-electron chi connectivity index (χ2n) is 6.38. The fourth-order valence-corrected chi connectivity index (χ4v) is 2.58. The van der Waals surface area contributed by atoms with Crippen LogP contribution in [0.15, 0.2) is 54.6 Å². The molecule has 160 valence electrons. The first kappa shape index (κ1) is 22.7.